The molecular formula is C28H24O12. The standard InChI is InChI=1S/C28H24O12/c1-18-16-23(12-13-24(18)40-26(31)20-4-8-21(9-5-20)38-27(32)33)37-25(30)19-6-10-22(11-7-19)39-28(34)36-15-3-2-14-35-17-29/h4-13,16-17H,2-3,14-15H2,1H3,(H,32,33). The van der Waals surface area contributed by atoms with Crippen LogP contribution in [0.25, 0.3) is 0 Å². The number of ether oxygens (including phenoxy) is 6. The van der Waals surface area contributed by atoms with Gasteiger partial charge in [0, 0.05) is 0 Å². The Hall–Kier alpha value is -5.39. The first kappa shape index (κ1) is 29.2. The Balaban J connectivity index is 1.50. The highest BCUT2D eigenvalue weighted by Gasteiger charge is 2.15. The van der Waals surface area contributed by atoms with Crippen molar-refractivity contribution in [2.75, 3.05) is 13.2 Å². The van der Waals surface area contributed by atoms with Crippen LogP contribution >= 0.6 is 0 Å². The monoisotopic (exact) mass is 552 g/mol. The largest absolute Gasteiger partial charge is 0.513 e. The minimum atomic E-state index is -1.47. The van der Waals surface area contributed by atoms with Crippen molar-refractivity contribution in [2.24, 2.45) is 0 Å². The second kappa shape index (κ2) is 14.5. The van der Waals surface area contributed by atoms with E-state index < -0.39 is 24.2 Å². The molecule has 0 fully saturated rings. The summed E-state index contributed by atoms with van der Waals surface area (Å²) in [6.45, 7) is 2.34. The Morgan fingerprint density at radius 2 is 1.25 bits per heavy atom. The summed E-state index contributed by atoms with van der Waals surface area (Å²) >= 11 is 0. The molecule has 3 aromatic carbocycles. The van der Waals surface area contributed by atoms with E-state index in [1.54, 1.807) is 6.92 Å². The third-order valence-electron chi connectivity index (χ3n) is 5.09. The Labute approximate surface area is 227 Å². The van der Waals surface area contributed by atoms with Crippen LogP contribution in [0.15, 0.2) is 66.7 Å². The summed E-state index contributed by atoms with van der Waals surface area (Å²) in [7, 11) is 0. The highest BCUT2D eigenvalue weighted by molar-refractivity contribution is 5.92. The molecule has 0 aliphatic rings. The molecule has 0 spiro atoms. The highest BCUT2D eigenvalue weighted by Crippen LogP contribution is 2.26. The average molecular weight is 552 g/mol. The van der Waals surface area contributed by atoms with Crippen LogP contribution < -0.4 is 18.9 Å². The van der Waals surface area contributed by atoms with Gasteiger partial charge in [-0.3, -0.25) is 4.79 Å². The second-order valence-electron chi connectivity index (χ2n) is 8.00. The van der Waals surface area contributed by atoms with Crippen LogP contribution in [0.2, 0.25) is 0 Å². The van der Waals surface area contributed by atoms with Crippen LogP contribution in [-0.4, -0.2) is 49.0 Å². The topological polar surface area (TPSA) is 161 Å². The van der Waals surface area contributed by atoms with Gasteiger partial charge >= 0.3 is 24.2 Å². The fraction of sp³-hybridized carbons (Fsp3) is 0.179. The molecule has 0 amide bonds. The summed E-state index contributed by atoms with van der Waals surface area (Å²) in [5.41, 5.74) is 0.886. The zero-order chi connectivity index (χ0) is 28.9. The fourth-order valence-electron chi connectivity index (χ4n) is 3.16. The van der Waals surface area contributed by atoms with Crippen molar-refractivity contribution in [3.63, 3.8) is 0 Å². The first-order valence-electron chi connectivity index (χ1n) is 11.8. The molecular weight excluding hydrogens is 528 g/mol. The Morgan fingerprint density at radius 1 is 0.700 bits per heavy atom. The first-order valence-corrected chi connectivity index (χ1v) is 11.8. The minimum Gasteiger partial charge on any atom is -0.468 e. The number of carbonyl (C=O) groups is 5. The van der Waals surface area contributed by atoms with Gasteiger partial charge in [-0.15, -0.1) is 0 Å². The summed E-state index contributed by atoms with van der Waals surface area (Å²) in [6.07, 6.45) is -1.34. The van der Waals surface area contributed by atoms with E-state index >= 15 is 0 Å². The van der Waals surface area contributed by atoms with Crippen molar-refractivity contribution < 1.29 is 57.5 Å². The molecule has 0 radical (unpaired) electrons. The molecule has 12 nitrogen and oxygen atoms in total. The van der Waals surface area contributed by atoms with Crippen LogP contribution in [0.4, 0.5) is 9.59 Å². The lowest BCUT2D eigenvalue weighted by molar-refractivity contribution is -0.128. The number of carbonyl (C=O) groups excluding carboxylic acids is 4. The van der Waals surface area contributed by atoms with Crippen molar-refractivity contribution in [1.82, 2.24) is 0 Å². The number of esters is 2. The predicted octanol–water partition coefficient (Wildman–Crippen LogP) is 4.96. The first-order chi connectivity index (χ1) is 19.2. The third-order valence-corrected chi connectivity index (χ3v) is 5.09. The van der Waals surface area contributed by atoms with Gasteiger partial charge in [-0.1, -0.05) is 0 Å². The molecule has 0 bridgehead atoms. The third kappa shape index (κ3) is 9.17. The van der Waals surface area contributed by atoms with Gasteiger partial charge in [0.1, 0.15) is 23.0 Å². The summed E-state index contributed by atoms with van der Waals surface area (Å²) in [6, 6.07) is 15.4. The molecule has 208 valence electrons. The normalized spacial score (nSPS) is 10.1. The maximum atomic E-state index is 12.5. The van der Waals surface area contributed by atoms with Crippen LogP contribution in [-0.2, 0) is 14.3 Å². The molecule has 0 saturated heterocycles. The molecule has 0 unspecified atom stereocenters. The number of hydrogen-bond acceptors (Lipinski definition) is 11. The highest BCUT2D eigenvalue weighted by atomic mass is 16.7. The Morgan fingerprint density at radius 3 is 1.82 bits per heavy atom. The number of rotatable bonds is 12. The average Bonchev–Trinajstić information content (AvgIpc) is 2.92. The molecule has 0 aromatic heterocycles. The minimum absolute atomic E-state index is 0.0574. The molecule has 3 aromatic rings. The molecule has 0 aliphatic carbocycles. The lowest BCUT2D eigenvalue weighted by Gasteiger charge is -2.10. The van der Waals surface area contributed by atoms with Crippen LogP contribution in [0.3, 0.4) is 0 Å². The van der Waals surface area contributed by atoms with Crippen molar-refractivity contribution in [2.45, 2.75) is 19.8 Å². The van der Waals surface area contributed by atoms with E-state index in [0.717, 1.165) is 0 Å². The van der Waals surface area contributed by atoms with E-state index in [1.165, 1.54) is 66.7 Å². The van der Waals surface area contributed by atoms with Crippen molar-refractivity contribution in [3.8, 4) is 23.0 Å². The molecule has 1 N–H and O–H groups in total. The maximum Gasteiger partial charge on any atom is 0.513 e. The smallest absolute Gasteiger partial charge is 0.468 e. The van der Waals surface area contributed by atoms with Crippen LogP contribution in [0.1, 0.15) is 39.1 Å². The lowest BCUT2D eigenvalue weighted by Crippen LogP contribution is -2.12. The van der Waals surface area contributed by atoms with Gasteiger partial charge in [-0.25, -0.2) is 19.2 Å². The number of carboxylic acid groups (broad SMARTS) is 1. The van der Waals surface area contributed by atoms with Gasteiger partial charge < -0.3 is 33.5 Å². The second-order valence-corrected chi connectivity index (χ2v) is 8.00. The Kier molecular flexibility index (Phi) is 10.6. The Bertz CT molecular complexity index is 1350. The summed E-state index contributed by atoms with van der Waals surface area (Å²) in [5.74, 6) is -0.679. The molecule has 0 saturated carbocycles. The van der Waals surface area contributed by atoms with Gasteiger partial charge in [0.15, 0.2) is 0 Å². The van der Waals surface area contributed by atoms with E-state index in [4.69, 9.17) is 24.1 Å². The fourth-order valence-corrected chi connectivity index (χ4v) is 3.16. The number of unbranched alkanes of at least 4 members (excludes halogenated alkanes) is 1. The van der Waals surface area contributed by atoms with Gasteiger partial charge in [-0.05, 0) is 92.1 Å². The van der Waals surface area contributed by atoms with Crippen LogP contribution in [0.5, 0.6) is 23.0 Å². The molecule has 12 heteroatoms. The van der Waals surface area contributed by atoms with Gasteiger partial charge in [0.25, 0.3) is 6.47 Å². The van der Waals surface area contributed by atoms with Gasteiger partial charge in [0.2, 0.25) is 0 Å². The quantitative estimate of drug-likeness (QED) is 0.106. The van der Waals surface area contributed by atoms with Gasteiger partial charge in [-0.2, -0.15) is 0 Å². The van der Waals surface area contributed by atoms with E-state index in [9.17, 15) is 24.0 Å². The van der Waals surface area contributed by atoms with Crippen molar-refractivity contribution in [1.29, 1.82) is 0 Å². The SMILES string of the molecule is Cc1cc(OC(=O)c2ccc(OC(=O)OCCCCOC=O)cc2)ccc1OC(=O)c1ccc(OC(=O)O)cc1. The van der Waals surface area contributed by atoms with Crippen molar-refractivity contribution >= 4 is 30.7 Å². The summed E-state index contributed by atoms with van der Waals surface area (Å²) in [5, 5.41) is 8.63. The van der Waals surface area contributed by atoms with E-state index in [0.29, 0.717) is 24.9 Å². The van der Waals surface area contributed by atoms with E-state index in [-0.39, 0.29) is 47.3 Å². The predicted molar refractivity (Wildman–Crippen MR) is 136 cm³/mol. The molecule has 0 heterocycles. The maximum absolute atomic E-state index is 12.5. The number of hydrogen-bond donors (Lipinski definition) is 1. The van der Waals surface area contributed by atoms with Crippen molar-refractivity contribution in [3.05, 3.63) is 83.4 Å². The van der Waals surface area contributed by atoms with E-state index in [2.05, 4.69) is 9.47 Å². The zero-order valence-electron chi connectivity index (χ0n) is 21.2. The summed E-state index contributed by atoms with van der Waals surface area (Å²) in [4.78, 5) is 57.3. The number of benzene rings is 3. The number of aryl methyl sites for hydroxylation is 1. The molecule has 0 atom stereocenters. The molecule has 40 heavy (non-hydrogen) atoms. The molecule has 3 rings (SSSR count). The zero-order valence-corrected chi connectivity index (χ0v) is 21.2. The lowest BCUT2D eigenvalue weighted by atomic mass is 10.2. The van der Waals surface area contributed by atoms with Gasteiger partial charge in [0.05, 0.1) is 24.3 Å². The van der Waals surface area contributed by atoms with E-state index in [1.807, 2.05) is 0 Å². The van der Waals surface area contributed by atoms with Crippen LogP contribution in [0, 0.1) is 6.92 Å². The molecule has 0 aliphatic heterocycles. The summed E-state index contributed by atoms with van der Waals surface area (Å²) < 4.78 is 29.7.